The number of hydrogen-bond acceptors (Lipinski definition) is 4. The number of nitrogens with zero attached hydrogens (tertiary/aromatic N) is 3. The van der Waals surface area contributed by atoms with Crippen LogP contribution in [0.4, 0.5) is 5.69 Å². The second-order valence-electron chi connectivity index (χ2n) is 9.30. The van der Waals surface area contributed by atoms with Crippen molar-refractivity contribution in [3.05, 3.63) is 105 Å². The average molecular weight is 560 g/mol. The van der Waals surface area contributed by atoms with Gasteiger partial charge in [0.05, 0.1) is 11.6 Å². The van der Waals surface area contributed by atoms with Crippen LogP contribution < -0.4 is 5.32 Å². The Morgan fingerprint density at radius 2 is 1.56 bits per heavy atom. The van der Waals surface area contributed by atoms with Crippen LogP contribution in [0.1, 0.15) is 28.3 Å². The van der Waals surface area contributed by atoms with Crippen LogP contribution in [0, 0.1) is 3.57 Å². The summed E-state index contributed by atoms with van der Waals surface area (Å²) in [5.74, 6) is 0. The van der Waals surface area contributed by atoms with Gasteiger partial charge >= 0.3 is 0 Å². The number of nitrogens with one attached hydrogen (secondary N) is 1. The average Bonchev–Trinajstić information content (AvgIpc) is 2.87. The minimum absolute atomic E-state index is 0.382. The summed E-state index contributed by atoms with van der Waals surface area (Å²) in [7, 11) is 0. The summed E-state index contributed by atoms with van der Waals surface area (Å²) in [5, 5.41) is 4.85. The van der Waals surface area contributed by atoms with E-state index in [0.29, 0.717) is 6.04 Å². The zero-order valence-corrected chi connectivity index (χ0v) is 21.4. The van der Waals surface area contributed by atoms with Crippen molar-refractivity contribution in [2.45, 2.75) is 12.5 Å². The van der Waals surface area contributed by atoms with E-state index in [2.05, 4.69) is 115 Å². The molecular formula is C29H29IN4. The van der Waals surface area contributed by atoms with Gasteiger partial charge < -0.3 is 5.32 Å². The molecule has 0 saturated carbocycles. The van der Waals surface area contributed by atoms with Gasteiger partial charge in [0.2, 0.25) is 0 Å². The molecule has 34 heavy (non-hydrogen) atoms. The van der Waals surface area contributed by atoms with E-state index in [1.807, 2.05) is 6.20 Å². The first-order valence-corrected chi connectivity index (χ1v) is 13.2. The lowest BCUT2D eigenvalue weighted by atomic mass is 9.81. The Morgan fingerprint density at radius 1 is 0.853 bits per heavy atom. The van der Waals surface area contributed by atoms with Gasteiger partial charge in [0.25, 0.3) is 0 Å². The van der Waals surface area contributed by atoms with Crippen molar-refractivity contribution in [3.8, 4) is 0 Å². The van der Waals surface area contributed by atoms with Gasteiger partial charge in [-0.2, -0.15) is 0 Å². The fourth-order valence-corrected chi connectivity index (χ4v) is 6.03. The van der Waals surface area contributed by atoms with E-state index in [9.17, 15) is 0 Å². The van der Waals surface area contributed by atoms with Gasteiger partial charge in [-0.05, 0) is 75.5 Å². The summed E-state index contributed by atoms with van der Waals surface area (Å²) in [5.41, 5.74) is 8.19. The Kier molecular flexibility index (Phi) is 6.24. The van der Waals surface area contributed by atoms with E-state index >= 15 is 0 Å². The zero-order chi connectivity index (χ0) is 22.9. The third kappa shape index (κ3) is 4.32. The van der Waals surface area contributed by atoms with Crippen molar-refractivity contribution in [2.75, 3.05) is 44.6 Å². The van der Waals surface area contributed by atoms with Gasteiger partial charge in [-0.3, -0.25) is 14.8 Å². The molecule has 1 fully saturated rings. The molecule has 0 atom stereocenters. The van der Waals surface area contributed by atoms with E-state index in [0.717, 1.165) is 51.2 Å². The predicted octanol–water partition coefficient (Wildman–Crippen LogP) is 5.56. The summed E-state index contributed by atoms with van der Waals surface area (Å²) in [6, 6.07) is 27.0. The summed E-state index contributed by atoms with van der Waals surface area (Å²) >= 11 is 2.34. The smallest absolute Gasteiger partial charge is 0.0733 e. The van der Waals surface area contributed by atoms with E-state index in [1.54, 1.807) is 0 Å². The Hall–Kier alpha value is -2.48. The van der Waals surface area contributed by atoms with Crippen LogP contribution >= 0.6 is 22.6 Å². The zero-order valence-electron chi connectivity index (χ0n) is 19.3. The first-order valence-electron chi connectivity index (χ1n) is 12.2. The summed E-state index contributed by atoms with van der Waals surface area (Å²) in [4.78, 5) is 9.81. The highest BCUT2D eigenvalue weighted by Crippen LogP contribution is 2.39. The van der Waals surface area contributed by atoms with Crippen LogP contribution in [-0.4, -0.2) is 54.1 Å². The molecule has 0 unspecified atom stereocenters. The molecule has 0 bridgehead atoms. The highest BCUT2D eigenvalue weighted by molar-refractivity contribution is 14.1. The van der Waals surface area contributed by atoms with Crippen molar-refractivity contribution in [1.29, 1.82) is 0 Å². The molecule has 1 aliphatic heterocycles. The van der Waals surface area contributed by atoms with Crippen molar-refractivity contribution >= 4 is 39.2 Å². The van der Waals surface area contributed by atoms with Crippen LogP contribution in [0.2, 0.25) is 0 Å². The maximum Gasteiger partial charge on any atom is 0.0733 e. The normalized spacial score (nSPS) is 16.9. The predicted molar refractivity (Wildman–Crippen MR) is 148 cm³/mol. The van der Waals surface area contributed by atoms with Gasteiger partial charge in [0.1, 0.15) is 0 Å². The molecule has 0 spiro atoms. The Morgan fingerprint density at radius 3 is 2.29 bits per heavy atom. The van der Waals surface area contributed by atoms with Crippen molar-refractivity contribution in [1.82, 2.24) is 14.8 Å². The molecule has 2 heterocycles. The lowest BCUT2D eigenvalue weighted by molar-refractivity contribution is 0.111. The van der Waals surface area contributed by atoms with Gasteiger partial charge in [0, 0.05) is 60.1 Å². The van der Waals surface area contributed by atoms with E-state index in [4.69, 9.17) is 0 Å². The molecule has 0 amide bonds. The minimum Gasteiger partial charge on any atom is -0.383 e. The number of pyridine rings is 1. The summed E-state index contributed by atoms with van der Waals surface area (Å²) in [6.45, 7) is 6.42. The molecule has 2 aliphatic rings. The maximum absolute atomic E-state index is 4.52. The lowest BCUT2D eigenvalue weighted by Gasteiger charge is -2.42. The van der Waals surface area contributed by atoms with Gasteiger partial charge in [-0.25, -0.2) is 0 Å². The molecule has 1 N–H and O–H groups in total. The molecule has 5 heteroatoms. The number of anilines is 1. The molecule has 0 radical (unpaired) electrons. The number of rotatable bonds is 5. The standard InChI is InChI=1S/C29H29IN4/c30-23-9-10-26-27(11-12-31-28(26)20-23)32-13-14-33-15-17-34(18-16-33)29-24-7-3-1-5-21(24)19-22-6-2-4-8-25(22)29/h1-12,20,29H,13-19H2,(H,31,32). The van der Waals surface area contributed by atoms with Crippen LogP contribution in [0.3, 0.4) is 0 Å². The van der Waals surface area contributed by atoms with E-state index in [1.165, 1.54) is 36.9 Å². The molecule has 1 aliphatic carbocycles. The molecule has 3 aromatic carbocycles. The molecular weight excluding hydrogens is 531 g/mol. The number of piperazine rings is 1. The highest BCUT2D eigenvalue weighted by atomic mass is 127. The van der Waals surface area contributed by atoms with Crippen molar-refractivity contribution < 1.29 is 0 Å². The Labute approximate surface area is 215 Å². The fraction of sp³-hybridized carbons (Fsp3) is 0.276. The van der Waals surface area contributed by atoms with Crippen molar-refractivity contribution in [2.24, 2.45) is 0 Å². The van der Waals surface area contributed by atoms with Crippen LogP contribution in [0.5, 0.6) is 0 Å². The minimum atomic E-state index is 0.382. The Balaban J connectivity index is 1.10. The highest BCUT2D eigenvalue weighted by Gasteiger charge is 2.31. The second kappa shape index (κ2) is 9.64. The molecule has 1 aromatic heterocycles. The first-order chi connectivity index (χ1) is 16.8. The maximum atomic E-state index is 4.52. The quantitative estimate of drug-likeness (QED) is 0.324. The largest absolute Gasteiger partial charge is 0.383 e. The fourth-order valence-electron chi connectivity index (χ4n) is 5.56. The summed E-state index contributed by atoms with van der Waals surface area (Å²) in [6.07, 6.45) is 2.96. The topological polar surface area (TPSA) is 31.4 Å². The molecule has 172 valence electrons. The number of benzene rings is 3. The molecule has 6 rings (SSSR count). The number of halogens is 1. The first kappa shape index (κ1) is 22.0. The summed E-state index contributed by atoms with van der Waals surface area (Å²) < 4.78 is 1.22. The van der Waals surface area contributed by atoms with Gasteiger partial charge in [0.15, 0.2) is 0 Å². The second-order valence-corrected chi connectivity index (χ2v) is 10.5. The van der Waals surface area contributed by atoms with Crippen LogP contribution in [0.15, 0.2) is 79.0 Å². The number of fused-ring (bicyclic) bond motifs is 3. The monoisotopic (exact) mass is 560 g/mol. The van der Waals surface area contributed by atoms with Gasteiger partial charge in [-0.15, -0.1) is 0 Å². The van der Waals surface area contributed by atoms with E-state index < -0.39 is 0 Å². The molecule has 1 saturated heterocycles. The molecule has 4 aromatic rings. The third-order valence-corrected chi connectivity index (χ3v) is 7.97. The van der Waals surface area contributed by atoms with Gasteiger partial charge in [-0.1, -0.05) is 48.5 Å². The van der Waals surface area contributed by atoms with E-state index in [-0.39, 0.29) is 0 Å². The number of aromatic nitrogens is 1. The van der Waals surface area contributed by atoms with Crippen LogP contribution in [0.25, 0.3) is 10.9 Å². The Bertz CT molecular complexity index is 1270. The van der Waals surface area contributed by atoms with Crippen molar-refractivity contribution in [3.63, 3.8) is 0 Å². The SMILES string of the molecule is Ic1ccc2c(NCCN3CCN(C4c5ccccc5Cc5ccccc54)CC3)ccnc2c1. The van der Waals surface area contributed by atoms with Crippen LogP contribution in [-0.2, 0) is 6.42 Å². The lowest BCUT2D eigenvalue weighted by Crippen LogP contribution is -2.49. The third-order valence-electron chi connectivity index (χ3n) is 7.30. The number of hydrogen-bond donors (Lipinski definition) is 1. The molecule has 4 nitrogen and oxygen atoms in total.